The lowest BCUT2D eigenvalue weighted by atomic mass is 10.0. The number of thiophene rings is 1. The summed E-state index contributed by atoms with van der Waals surface area (Å²) in [5, 5.41) is 26.2. The lowest BCUT2D eigenvalue weighted by Gasteiger charge is -2.11. The van der Waals surface area contributed by atoms with Crippen LogP contribution in [0.2, 0.25) is 0 Å². The number of carboxylic acid groups (broad SMARTS) is 1. The van der Waals surface area contributed by atoms with Gasteiger partial charge >= 0.3 is 5.97 Å². The Morgan fingerprint density at radius 3 is 2.79 bits per heavy atom. The van der Waals surface area contributed by atoms with Gasteiger partial charge in [-0.25, -0.2) is 14.8 Å². The summed E-state index contributed by atoms with van der Waals surface area (Å²) in [6.45, 7) is 1.86. The van der Waals surface area contributed by atoms with Gasteiger partial charge in [-0.15, -0.1) is 11.3 Å². The molecule has 8 nitrogen and oxygen atoms in total. The van der Waals surface area contributed by atoms with Crippen LogP contribution in [0, 0.1) is 17.0 Å². The van der Waals surface area contributed by atoms with Crippen LogP contribution in [0.25, 0.3) is 21.3 Å². The zero-order valence-corrected chi connectivity index (χ0v) is 15.9. The van der Waals surface area contributed by atoms with Crippen molar-refractivity contribution in [2.45, 2.75) is 6.92 Å². The zero-order chi connectivity index (χ0) is 20.5. The van der Waals surface area contributed by atoms with Crippen LogP contribution in [0.1, 0.15) is 15.9 Å². The fraction of sp³-hybridized carbons (Fsp3) is 0.0500. The lowest BCUT2D eigenvalue weighted by Crippen LogP contribution is -2.01. The monoisotopic (exact) mass is 406 g/mol. The number of benzene rings is 2. The second kappa shape index (κ2) is 7.28. The summed E-state index contributed by atoms with van der Waals surface area (Å²) in [4.78, 5) is 31.4. The molecule has 0 bridgehead atoms. The van der Waals surface area contributed by atoms with Crippen molar-refractivity contribution in [1.29, 1.82) is 0 Å². The van der Waals surface area contributed by atoms with Crippen molar-refractivity contribution in [2.24, 2.45) is 0 Å². The van der Waals surface area contributed by atoms with Crippen LogP contribution < -0.4 is 5.32 Å². The molecule has 9 heteroatoms. The van der Waals surface area contributed by atoms with Crippen molar-refractivity contribution in [1.82, 2.24) is 9.97 Å². The molecule has 2 aromatic heterocycles. The maximum absolute atomic E-state index is 11.3. The maximum atomic E-state index is 11.3. The molecular formula is C20H14N4O4S. The third-order valence-corrected chi connectivity index (χ3v) is 5.36. The van der Waals surface area contributed by atoms with Crippen molar-refractivity contribution in [3.05, 3.63) is 75.4 Å². The standard InChI is InChI=1S/C20H14N4O4S/c1-11-5-6-13(20(25)26)8-16(11)23-18-17-15(9-29-19(17)22-10-21-18)12-3-2-4-14(7-12)24(27)28/h2-10H,1H3,(H,25,26)(H,21,22,23). The lowest BCUT2D eigenvalue weighted by molar-refractivity contribution is -0.384. The van der Waals surface area contributed by atoms with E-state index in [4.69, 9.17) is 0 Å². The van der Waals surface area contributed by atoms with Crippen LogP contribution in [0.5, 0.6) is 0 Å². The number of nitro groups is 1. The van der Waals surface area contributed by atoms with Crippen LogP contribution in [-0.2, 0) is 0 Å². The van der Waals surface area contributed by atoms with Gasteiger partial charge in [-0.3, -0.25) is 10.1 Å². The Bertz CT molecular complexity index is 1270. The number of hydrogen-bond acceptors (Lipinski definition) is 7. The van der Waals surface area contributed by atoms with Gasteiger partial charge in [0.1, 0.15) is 17.0 Å². The Labute approximate surface area is 168 Å². The van der Waals surface area contributed by atoms with Gasteiger partial charge in [-0.05, 0) is 30.2 Å². The third kappa shape index (κ3) is 3.50. The highest BCUT2D eigenvalue weighted by atomic mass is 32.1. The van der Waals surface area contributed by atoms with Gasteiger partial charge < -0.3 is 10.4 Å². The quantitative estimate of drug-likeness (QED) is 0.353. The Balaban J connectivity index is 1.84. The predicted molar refractivity (Wildman–Crippen MR) is 111 cm³/mol. The van der Waals surface area contributed by atoms with E-state index in [1.165, 1.54) is 35.9 Å². The smallest absolute Gasteiger partial charge is 0.335 e. The Morgan fingerprint density at radius 1 is 1.21 bits per heavy atom. The summed E-state index contributed by atoms with van der Waals surface area (Å²) in [5.41, 5.74) is 3.07. The number of carbonyl (C=O) groups is 1. The summed E-state index contributed by atoms with van der Waals surface area (Å²) < 4.78 is 0. The summed E-state index contributed by atoms with van der Waals surface area (Å²) in [5.74, 6) is -0.517. The Hall–Kier alpha value is -3.85. The molecule has 4 rings (SSSR count). The van der Waals surface area contributed by atoms with Gasteiger partial charge in [0.15, 0.2) is 0 Å². The average Bonchev–Trinajstić information content (AvgIpc) is 3.15. The number of aryl methyl sites for hydroxylation is 1. The molecule has 4 aromatic rings. The molecule has 0 unspecified atom stereocenters. The van der Waals surface area contributed by atoms with Gasteiger partial charge in [-0.2, -0.15) is 0 Å². The molecule has 0 aliphatic carbocycles. The number of anilines is 2. The van der Waals surface area contributed by atoms with E-state index in [0.717, 1.165) is 21.3 Å². The first-order chi connectivity index (χ1) is 13.9. The van der Waals surface area contributed by atoms with E-state index in [9.17, 15) is 20.0 Å². The van der Waals surface area contributed by atoms with Crippen molar-refractivity contribution in [2.75, 3.05) is 5.32 Å². The van der Waals surface area contributed by atoms with Crippen molar-refractivity contribution in [3.8, 4) is 11.1 Å². The summed E-state index contributed by atoms with van der Waals surface area (Å²) in [6, 6.07) is 11.2. The first-order valence-corrected chi connectivity index (χ1v) is 9.40. The first kappa shape index (κ1) is 18.5. The highest BCUT2D eigenvalue weighted by molar-refractivity contribution is 7.17. The third-order valence-electron chi connectivity index (χ3n) is 4.48. The van der Waals surface area contributed by atoms with Crippen molar-refractivity contribution >= 4 is 44.7 Å². The van der Waals surface area contributed by atoms with Crippen LogP contribution in [0.3, 0.4) is 0 Å². The molecular weight excluding hydrogens is 392 g/mol. The highest BCUT2D eigenvalue weighted by Gasteiger charge is 2.16. The number of nitro benzene ring substituents is 1. The normalized spacial score (nSPS) is 10.8. The Kier molecular flexibility index (Phi) is 4.65. The minimum atomic E-state index is -1.02. The molecule has 144 valence electrons. The van der Waals surface area contributed by atoms with Gasteiger partial charge in [0.2, 0.25) is 0 Å². The number of aromatic carboxylic acids is 1. The van der Waals surface area contributed by atoms with E-state index >= 15 is 0 Å². The topological polar surface area (TPSA) is 118 Å². The molecule has 29 heavy (non-hydrogen) atoms. The fourth-order valence-electron chi connectivity index (χ4n) is 2.99. The van der Waals surface area contributed by atoms with Crippen molar-refractivity contribution < 1.29 is 14.8 Å². The number of hydrogen-bond donors (Lipinski definition) is 2. The summed E-state index contributed by atoms with van der Waals surface area (Å²) >= 11 is 1.40. The minimum Gasteiger partial charge on any atom is -0.478 e. The zero-order valence-electron chi connectivity index (χ0n) is 15.1. The van der Waals surface area contributed by atoms with Crippen LogP contribution in [-0.4, -0.2) is 26.0 Å². The molecule has 0 spiro atoms. The second-order valence-electron chi connectivity index (χ2n) is 6.32. The number of nitrogens with zero attached hydrogens (tertiary/aromatic N) is 3. The first-order valence-electron chi connectivity index (χ1n) is 8.52. The largest absolute Gasteiger partial charge is 0.478 e. The molecule has 0 aliphatic heterocycles. The highest BCUT2D eigenvalue weighted by Crippen LogP contribution is 2.38. The molecule has 0 saturated carbocycles. The molecule has 0 radical (unpaired) electrons. The van der Waals surface area contributed by atoms with E-state index in [0.29, 0.717) is 17.1 Å². The predicted octanol–water partition coefficient (Wildman–Crippen LogP) is 5.02. The van der Waals surface area contributed by atoms with Crippen LogP contribution in [0.15, 0.2) is 54.2 Å². The maximum Gasteiger partial charge on any atom is 0.335 e. The van der Waals surface area contributed by atoms with Gasteiger partial charge in [-0.1, -0.05) is 18.2 Å². The number of carboxylic acids is 1. The van der Waals surface area contributed by atoms with E-state index < -0.39 is 10.9 Å². The number of nitrogens with one attached hydrogen (secondary N) is 1. The van der Waals surface area contributed by atoms with Crippen LogP contribution >= 0.6 is 11.3 Å². The molecule has 0 amide bonds. The molecule has 2 aromatic carbocycles. The van der Waals surface area contributed by atoms with E-state index in [2.05, 4.69) is 15.3 Å². The average molecular weight is 406 g/mol. The van der Waals surface area contributed by atoms with Crippen LogP contribution in [0.4, 0.5) is 17.2 Å². The Morgan fingerprint density at radius 2 is 2.03 bits per heavy atom. The number of aromatic nitrogens is 2. The second-order valence-corrected chi connectivity index (χ2v) is 7.18. The number of rotatable bonds is 5. The summed E-state index contributed by atoms with van der Waals surface area (Å²) in [7, 11) is 0. The van der Waals surface area contributed by atoms with Crippen molar-refractivity contribution in [3.63, 3.8) is 0 Å². The summed E-state index contributed by atoms with van der Waals surface area (Å²) in [6.07, 6.45) is 1.43. The van der Waals surface area contributed by atoms with Gasteiger partial charge in [0.05, 0.1) is 15.9 Å². The minimum absolute atomic E-state index is 0.00166. The fourth-order valence-corrected chi connectivity index (χ4v) is 3.90. The molecule has 0 aliphatic rings. The van der Waals surface area contributed by atoms with E-state index in [-0.39, 0.29) is 11.3 Å². The van der Waals surface area contributed by atoms with E-state index in [1.54, 1.807) is 24.3 Å². The molecule has 0 saturated heterocycles. The van der Waals surface area contributed by atoms with Gasteiger partial charge in [0.25, 0.3) is 5.69 Å². The molecule has 2 heterocycles. The molecule has 0 atom stereocenters. The number of non-ortho nitro benzene ring substituents is 1. The number of fused-ring (bicyclic) bond motifs is 1. The van der Waals surface area contributed by atoms with E-state index in [1.807, 2.05) is 12.3 Å². The van der Waals surface area contributed by atoms with Gasteiger partial charge in [0, 0.05) is 28.8 Å². The molecule has 2 N–H and O–H groups in total. The SMILES string of the molecule is Cc1ccc(C(=O)O)cc1Nc1ncnc2scc(-c3cccc([N+](=O)[O-])c3)c12. The molecule has 0 fully saturated rings.